The minimum absolute atomic E-state index is 0. The summed E-state index contributed by atoms with van der Waals surface area (Å²) in [7, 11) is 0. The maximum atomic E-state index is 5.83. The lowest BCUT2D eigenvalue weighted by atomic mass is 10.1. The molecule has 0 spiro atoms. The van der Waals surface area contributed by atoms with Gasteiger partial charge in [0.25, 0.3) is 0 Å². The average Bonchev–Trinajstić information content (AvgIpc) is 3.23. The Morgan fingerprint density at radius 2 is 2.00 bits per heavy atom. The number of ether oxygens (including phenoxy) is 2. The summed E-state index contributed by atoms with van der Waals surface area (Å²) >= 11 is 0. The molecule has 1 unspecified atom stereocenters. The summed E-state index contributed by atoms with van der Waals surface area (Å²) < 4.78 is 13.3. The highest BCUT2D eigenvalue weighted by atomic mass is 127. The van der Waals surface area contributed by atoms with Crippen LogP contribution in [0.5, 0.6) is 0 Å². The van der Waals surface area contributed by atoms with E-state index in [9.17, 15) is 0 Å². The topological polar surface area (TPSA) is 88.8 Å². The van der Waals surface area contributed by atoms with Gasteiger partial charge in [-0.05, 0) is 32.2 Å². The standard InChI is InChI=1S/C20H37N7O2.HI/c1-2-19-25-24-17-27(19)10-8-22-20(23-16-18-6-3-4-13-29-18)21-7-5-9-26-11-14-28-15-12-26;/h17-18H,2-16H2,1H3,(H2,21,22,23);1H. The fraction of sp³-hybridized carbons (Fsp3) is 0.850. The van der Waals surface area contributed by atoms with Gasteiger partial charge in [-0.2, -0.15) is 0 Å². The van der Waals surface area contributed by atoms with E-state index in [2.05, 4.69) is 37.2 Å². The van der Waals surface area contributed by atoms with Gasteiger partial charge in [-0.3, -0.25) is 9.89 Å². The highest BCUT2D eigenvalue weighted by Gasteiger charge is 2.14. The third kappa shape index (κ3) is 9.03. The zero-order valence-corrected chi connectivity index (χ0v) is 20.6. The summed E-state index contributed by atoms with van der Waals surface area (Å²) in [5.41, 5.74) is 0. The second-order valence-electron chi connectivity index (χ2n) is 7.63. The highest BCUT2D eigenvalue weighted by Crippen LogP contribution is 2.12. The van der Waals surface area contributed by atoms with E-state index in [0.717, 1.165) is 90.1 Å². The van der Waals surface area contributed by atoms with Crippen LogP contribution in [0.1, 0.15) is 38.4 Å². The van der Waals surface area contributed by atoms with Crippen LogP contribution in [0.4, 0.5) is 0 Å². The maximum Gasteiger partial charge on any atom is 0.191 e. The van der Waals surface area contributed by atoms with Crippen molar-refractivity contribution in [1.29, 1.82) is 0 Å². The molecule has 0 radical (unpaired) electrons. The van der Waals surface area contributed by atoms with Gasteiger partial charge in [-0.25, -0.2) is 0 Å². The van der Waals surface area contributed by atoms with Gasteiger partial charge in [0, 0.05) is 45.8 Å². The van der Waals surface area contributed by atoms with E-state index in [1.807, 2.05) is 0 Å². The van der Waals surface area contributed by atoms with Gasteiger partial charge >= 0.3 is 0 Å². The van der Waals surface area contributed by atoms with Crippen molar-refractivity contribution < 1.29 is 9.47 Å². The number of aromatic nitrogens is 3. The van der Waals surface area contributed by atoms with Crippen LogP contribution in [0.2, 0.25) is 0 Å². The zero-order chi connectivity index (χ0) is 20.2. The first kappa shape index (κ1) is 25.3. The SMILES string of the molecule is CCc1nncn1CCNC(=NCC1CCCCO1)NCCCN1CCOCC1.I. The Hall–Kier alpha value is -0.980. The Kier molecular flexibility index (Phi) is 12.6. The van der Waals surface area contributed by atoms with Gasteiger partial charge in [0.1, 0.15) is 12.2 Å². The Bertz CT molecular complexity index is 602. The van der Waals surface area contributed by atoms with E-state index >= 15 is 0 Å². The number of aryl methyl sites for hydroxylation is 1. The molecule has 0 aliphatic carbocycles. The third-order valence-corrected chi connectivity index (χ3v) is 5.43. The number of morpholine rings is 1. The Morgan fingerprint density at radius 1 is 1.17 bits per heavy atom. The van der Waals surface area contributed by atoms with Crippen molar-refractivity contribution >= 4 is 29.9 Å². The number of aliphatic imine (C=N–C) groups is 1. The van der Waals surface area contributed by atoms with Crippen molar-refractivity contribution in [3.8, 4) is 0 Å². The lowest BCUT2D eigenvalue weighted by Gasteiger charge is -2.26. The molecule has 3 rings (SSSR count). The third-order valence-electron chi connectivity index (χ3n) is 5.43. The van der Waals surface area contributed by atoms with Crippen LogP contribution >= 0.6 is 24.0 Å². The molecule has 0 saturated carbocycles. The highest BCUT2D eigenvalue weighted by molar-refractivity contribution is 14.0. The smallest absolute Gasteiger partial charge is 0.191 e. The van der Waals surface area contributed by atoms with Gasteiger partial charge in [-0.1, -0.05) is 6.92 Å². The quantitative estimate of drug-likeness (QED) is 0.202. The minimum atomic E-state index is 0. The molecule has 10 heteroatoms. The van der Waals surface area contributed by atoms with Crippen molar-refractivity contribution in [3.05, 3.63) is 12.2 Å². The van der Waals surface area contributed by atoms with E-state index in [1.54, 1.807) is 6.33 Å². The second kappa shape index (κ2) is 14.9. The van der Waals surface area contributed by atoms with E-state index in [1.165, 1.54) is 12.8 Å². The van der Waals surface area contributed by atoms with E-state index in [-0.39, 0.29) is 30.1 Å². The fourth-order valence-electron chi connectivity index (χ4n) is 3.69. The van der Waals surface area contributed by atoms with Gasteiger partial charge < -0.3 is 24.7 Å². The molecule has 3 heterocycles. The first-order chi connectivity index (χ1) is 14.3. The number of halogens is 1. The van der Waals surface area contributed by atoms with Crippen LogP contribution in [0.15, 0.2) is 11.3 Å². The Morgan fingerprint density at radius 3 is 2.77 bits per heavy atom. The predicted octanol–water partition coefficient (Wildman–Crippen LogP) is 1.29. The van der Waals surface area contributed by atoms with Gasteiger partial charge in [-0.15, -0.1) is 34.2 Å². The number of nitrogens with zero attached hydrogens (tertiary/aromatic N) is 5. The average molecular weight is 535 g/mol. The number of guanidine groups is 1. The summed E-state index contributed by atoms with van der Waals surface area (Å²) in [4.78, 5) is 7.25. The molecule has 0 amide bonds. The van der Waals surface area contributed by atoms with Crippen molar-refractivity contribution in [2.45, 2.75) is 51.7 Å². The molecule has 2 fully saturated rings. The molecule has 2 aliphatic rings. The first-order valence-corrected chi connectivity index (χ1v) is 11.2. The lowest BCUT2D eigenvalue weighted by molar-refractivity contribution is 0.0224. The monoisotopic (exact) mass is 535 g/mol. The molecular formula is C20H38IN7O2. The van der Waals surface area contributed by atoms with Crippen LogP contribution in [-0.2, 0) is 22.4 Å². The van der Waals surface area contributed by atoms with Crippen LogP contribution in [-0.4, -0.2) is 90.8 Å². The summed E-state index contributed by atoms with van der Waals surface area (Å²) in [6.45, 7) is 11.1. The van der Waals surface area contributed by atoms with E-state index < -0.39 is 0 Å². The van der Waals surface area contributed by atoms with Crippen molar-refractivity contribution in [2.75, 3.05) is 59.1 Å². The zero-order valence-electron chi connectivity index (χ0n) is 18.2. The van der Waals surface area contributed by atoms with Crippen molar-refractivity contribution in [1.82, 2.24) is 30.3 Å². The molecule has 2 N–H and O–H groups in total. The molecule has 2 saturated heterocycles. The van der Waals surface area contributed by atoms with Crippen molar-refractivity contribution in [3.63, 3.8) is 0 Å². The van der Waals surface area contributed by atoms with Crippen LogP contribution < -0.4 is 10.6 Å². The largest absolute Gasteiger partial charge is 0.379 e. The molecule has 0 aromatic carbocycles. The summed E-state index contributed by atoms with van der Waals surface area (Å²) in [6, 6.07) is 0. The normalized spacial score (nSPS) is 20.6. The second-order valence-corrected chi connectivity index (χ2v) is 7.63. The molecule has 0 bridgehead atoms. The molecule has 2 aliphatic heterocycles. The number of rotatable bonds is 10. The number of nitrogens with one attached hydrogen (secondary N) is 2. The molecule has 1 atom stereocenters. The molecule has 1 aromatic rings. The van der Waals surface area contributed by atoms with E-state index in [0.29, 0.717) is 6.54 Å². The van der Waals surface area contributed by atoms with Gasteiger partial charge in [0.2, 0.25) is 0 Å². The summed E-state index contributed by atoms with van der Waals surface area (Å²) in [5, 5.41) is 15.1. The van der Waals surface area contributed by atoms with Gasteiger partial charge in [0.05, 0.1) is 25.9 Å². The number of hydrogen-bond donors (Lipinski definition) is 2. The molecular weight excluding hydrogens is 497 g/mol. The van der Waals surface area contributed by atoms with Crippen LogP contribution in [0, 0.1) is 0 Å². The maximum absolute atomic E-state index is 5.83. The lowest BCUT2D eigenvalue weighted by Crippen LogP contribution is -2.42. The molecule has 30 heavy (non-hydrogen) atoms. The van der Waals surface area contributed by atoms with E-state index in [4.69, 9.17) is 14.5 Å². The minimum Gasteiger partial charge on any atom is -0.379 e. The Balaban J connectivity index is 0.00000320. The summed E-state index contributed by atoms with van der Waals surface area (Å²) in [6.07, 6.45) is 7.54. The Labute approximate surface area is 197 Å². The number of hydrogen-bond acceptors (Lipinski definition) is 6. The van der Waals surface area contributed by atoms with Gasteiger partial charge in [0.15, 0.2) is 5.96 Å². The van der Waals surface area contributed by atoms with Crippen LogP contribution in [0.25, 0.3) is 0 Å². The predicted molar refractivity (Wildman–Crippen MR) is 129 cm³/mol. The van der Waals surface area contributed by atoms with Crippen molar-refractivity contribution in [2.24, 2.45) is 4.99 Å². The molecule has 1 aromatic heterocycles. The first-order valence-electron chi connectivity index (χ1n) is 11.2. The molecule has 9 nitrogen and oxygen atoms in total. The fourth-order valence-corrected chi connectivity index (χ4v) is 3.69. The summed E-state index contributed by atoms with van der Waals surface area (Å²) in [5.74, 6) is 1.88. The van der Waals surface area contributed by atoms with Crippen LogP contribution in [0.3, 0.4) is 0 Å². The molecule has 172 valence electrons.